The second kappa shape index (κ2) is 7.63. The summed E-state index contributed by atoms with van der Waals surface area (Å²) in [5, 5.41) is 13.7. The first kappa shape index (κ1) is 17.8. The Bertz CT molecular complexity index is 1140. The van der Waals surface area contributed by atoms with Crippen molar-refractivity contribution >= 4 is 11.8 Å². The van der Waals surface area contributed by atoms with Crippen LogP contribution < -0.4 is 9.47 Å². The molecule has 2 aromatic carbocycles. The van der Waals surface area contributed by atoms with Gasteiger partial charge in [-0.2, -0.15) is 0 Å². The summed E-state index contributed by atoms with van der Waals surface area (Å²) in [6.45, 7) is 2.79. The Hall–Kier alpha value is -3.26. The molecule has 2 aromatic heterocycles. The molecule has 0 atom stereocenters. The van der Waals surface area contributed by atoms with Crippen LogP contribution in [0.3, 0.4) is 0 Å². The molecule has 5 rings (SSSR count). The number of aromatic nitrogens is 4. The predicted molar refractivity (Wildman–Crippen MR) is 108 cm³/mol. The fourth-order valence-corrected chi connectivity index (χ4v) is 3.99. The summed E-state index contributed by atoms with van der Waals surface area (Å²) in [4.78, 5) is 0. The van der Waals surface area contributed by atoms with Crippen molar-refractivity contribution in [2.24, 2.45) is 0 Å². The second-order valence-electron chi connectivity index (χ2n) is 6.67. The largest absolute Gasteiger partial charge is 0.454 e. The Morgan fingerprint density at radius 2 is 1.86 bits per heavy atom. The molecule has 1 aliphatic heterocycles. The van der Waals surface area contributed by atoms with Crippen LogP contribution in [0.4, 0.5) is 0 Å². The molecule has 0 bridgehead atoms. The van der Waals surface area contributed by atoms with Gasteiger partial charge in [-0.3, -0.25) is 4.57 Å². The molecule has 0 aliphatic carbocycles. The summed E-state index contributed by atoms with van der Waals surface area (Å²) in [7, 11) is 0. The first-order valence-corrected chi connectivity index (χ1v) is 10.2. The lowest BCUT2D eigenvalue weighted by atomic mass is 10.2. The first-order valence-electron chi connectivity index (χ1n) is 9.18. The highest BCUT2D eigenvalue weighted by molar-refractivity contribution is 7.98. The summed E-state index contributed by atoms with van der Waals surface area (Å²) in [5.41, 5.74) is 2.97. The zero-order valence-corrected chi connectivity index (χ0v) is 16.6. The second-order valence-corrected chi connectivity index (χ2v) is 7.61. The minimum Gasteiger partial charge on any atom is -0.454 e. The molecule has 146 valence electrons. The SMILES string of the molecule is Cc1cc(CSc2nnc(-c3ccccc3)n2Cc2ccc3c(c2)OCO3)on1. The van der Waals surface area contributed by atoms with Crippen LogP contribution in [0.5, 0.6) is 11.5 Å². The molecule has 0 amide bonds. The van der Waals surface area contributed by atoms with Crippen LogP contribution in [0, 0.1) is 6.92 Å². The number of hydrogen-bond acceptors (Lipinski definition) is 7. The molecule has 0 N–H and O–H groups in total. The average Bonchev–Trinajstić information content (AvgIpc) is 3.47. The van der Waals surface area contributed by atoms with Crippen molar-refractivity contribution in [3.63, 3.8) is 0 Å². The van der Waals surface area contributed by atoms with E-state index in [1.165, 1.54) is 0 Å². The molecule has 29 heavy (non-hydrogen) atoms. The van der Waals surface area contributed by atoms with Gasteiger partial charge >= 0.3 is 0 Å². The number of fused-ring (bicyclic) bond motifs is 1. The quantitative estimate of drug-likeness (QED) is 0.442. The van der Waals surface area contributed by atoms with E-state index in [1.807, 2.05) is 61.5 Å². The highest BCUT2D eigenvalue weighted by atomic mass is 32.2. The molecule has 0 saturated carbocycles. The average molecular weight is 406 g/mol. The van der Waals surface area contributed by atoms with Gasteiger partial charge < -0.3 is 14.0 Å². The van der Waals surface area contributed by atoms with Crippen LogP contribution in [0.15, 0.2) is 64.3 Å². The number of hydrogen-bond donors (Lipinski definition) is 0. The lowest BCUT2D eigenvalue weighted by Gasteiger charge is -2.11. The van der Waals surface area contributed by atoms with E-state index in [4.69, 9.17) is 14.0 Å². The molecular formula is C21H18N4O3S. The van der Waals surface area contributed by atoms with Crippen molar-refractivity contribution in [2.75, 3.05) is 6.79 Å². The smallest absolute Gasteiger partial charge is 0.231 e. The third-order valence-corrected chi connectivity index (χ3v) is 5.54. The summed E-state index contributed by atoms with van der Waals surface area (Å²) < 4.78 is 18.4. The van der Waals surface area contributed by atoms with E-state index < -0.39 is 0 Å². The van der Waals surface area contributed by atoms with Gasteiger partial charge in [-0.05, 0) is 24.6 Å². The van der Waals surface area contributed by atoms with Crippen molar-refractivity contribution < 1.29 is 14.0 Å². The molecule has 4 aromatic rings. The van der Waals surface area contributed by atoms with Crippen LogP contribution in [0.1, 0.15) is 17.0 Å². The normalized spacial score (nSPS) is 12.4. The molecular weight excluding hydrogens is 388 g/mol. The molecule has 0 spiro atoms. The van der Waals surface area contributed by atoms with E-state index in [1.54, 1.807) is 11.8 Å². The number of nitrogens with zero attached hydrogens (tertiary/aromatic N) is 4. The maximum atomic E-state index is 5.52. The van der Waals surface area contributed by atoms with Crippen LogP contribution >= 0.6 is 11.8 Å². The Labute approximate surface area is 171 Å². The Morgan fingerprint density at radius 1 is 1.00 bits per heavy atom. The van der Waals surface area contributed by atoms with Gasteiger partial charge in [0.25, 0.3) is 0 Å². The number of rotatable bonds is 6. The predicted octanol–water partition coefficient (Wildman–Crippen LogP) is 4.31. The van der Waals surface area contributed by atoms with Crippen molar-refractivity contribution in [3.8, 4) is 22.9 Å². The van der Waals surface area contributed by atoms with E-state index in [-0.39, 0.29) is 6.79 Å². The van der Waals surface area contributed by atoms with Crippen molar-refractivity contribution in [3.05, 3.63) is 71.6 Å². The van der Waals surface area contributed by atoms with E-state index in [0.717, 1.165) is 45.1 Å². The zero-order chi connectivity index (χ0) is 19.6. The number of thioether (sulfide) groups is 1. The van der Waals surface area contributed by atoms with E-state index >= 15 is 0 Å². The minimum absolute atomic E-state index is 0.262. The minimum atomic E-state index is 0.262. The molecule has 7 nitrogen and oxygen atoms in total. The van der Waals surface area contributed by atoms with Gasteiger partial charge in [-0.25, -0.2) is 0 Å². The van der Waals surface area contributed by atoms with Gasteiger partial charge in [-0.15, -0.1) is 10.2 Å². The van der Waals surface area contributed by atoms with Gasteiger partial charge in [0.1, 0.15) is 5.76 Å². The monoisotopic (exact) mass is 406 g/mol. The van der Waals surface area contributed by atoms with Gasteiger partial charge in [-0.1, -0.05) is 53.3 Å². The topological polar surface area (TPSA) is 75.2 Å². The summed E-state index contributed by atoms with van der Waals surface area (Å²) in [5.74, 6) is 3.81. The Kier molecular flexibility index (Phi) is 4.69. The Morgan fingerprint density at radius 3 is 2.69 bits per heavy atom. The lowest BCUT2D eigenvalue weighted by Crippen LogP contribution is -2.04. The van der Waals surface area contributed by atoms with Crippen LogP contribution in [-0.2, 0) is 12.3 Å². The first-order chi connectivity index (χ1) is 14.3. The van der Waals surface area contributed by atoms with Gasteiger partial charge in [0.05, 0.1) is 18.0 Å². The fourth-order valence-electron chi connectivity index (χ4n) is 3.18. The number of benzene rings is 2. The Balaban J connectivity index is 1.47. The van der Waals surface area contributed by atoms with Gasteiger partial charge in [0.2, 0.25) is 6.79 Å². The zero-order valence-electron chi connectivity index (χ0n) is 15.7. The third kappa shape index (κ3) is 3.71. The molecule has 8 heteroatoms. The third-order valence-electron chi connectivity index (χ3n) is 4.55. The summed E-state index contributed by atoms with van der Waals surface area (Å²) >= 11 is 1.57. The standard InChI is InChI=1S/C21H18N4O3S/c1-14-9-17(28-24-14)12-29-21-23-22-20(16-5-3-2-4-6-16)25(21)11-15-7-8-18-19(10-15)27-13-26-18/h2-10H,11-13H2,1H3. The van der Waals surface area contributed by atoms with E-state index in [0.29, 0.717) is 12.3 Å². The highest BCUT2D eigenvalue weighted by Gasteiger charge is 2.18. The van der Waals surface area contributed by atoms with Crippen molar-refractivity contribution in [1.29, 1.82) is 0 Å². The maximum Gasteiger partial charge on any atom is 0.231 e. The molecule has 3 heterocycles. The number of ether oxygens (including phenoxy) is 2. The van der Waals surface area contributed by atoms with Crippen LogP contribution in [0.2, 0.25) is 0 Å². The van der Waals surface area contributed by atoms with Gasteiger partial charge in [0, 0.05) is 11.6 Å². The van der Waals surface area contributed by atoms with E-state index in [9.17, 15) is 0 Å². The van der Waals surface area contributed by atoms with Crippen molar-refractivity contribution in [1.82, 2.24) is 19.9 Å². The maximum absolute atomic E-state index is 5.52. The molecule has 0 unspecified atom stereocenters. The van der Waals surface area contributed by atoms with Crippen LogP contribution in [0.25, 0.3) is 11.4 Å². The molecule has 1 aliphatic rings. The summed E-state index contributed by atoms with van der Waals surface area (Å²) in [6.07, 6.45) is 0. The van der Waals surface area contributed by atoms with Crippen molar-refractivity contribution in [2.45, 2.75) is 24.4 Å². The summed E-state index contributed by atoms with van der Waals surface area (Å²) in [6, 6.07) is 18.0. The lowest BCUT2D eigenvalue weighted by molar-refractivity contribution is 0.174. The van der Waals surface area contributed by atoms with E-state index in [2.05, 4.69) is 19.9 Å². The molecule has 0 saturated heterocycles. The fraction of sp³-hybridized carbons (Fsp3) is 0.190. The van der Waals surface area contributed by atoms with Crippen LogP contribution in [-0.4, -0.2) is 26.7 Å². The highest BCUT2D eigenvalue weighted by Crippen LogP contribution is 2.34. The number of aryl methyl sites for hydroxylation is 1. The van der Waals surface area contributed by atoms with Gasteiger partial charge in [0.15, 0.2) is 22.5 Å². The molecule has 0 fully saturated rings. The molecule has 0 radical (unpaired) electrons.